The number of nitrogens with zero attached hydrogens (tertiary/aromatic N) is 1. The number of fused-ring (bicyclic) bond motifs is 5. The van der Waals surface area contributed by atoms with Crippen molar-refractivity contribution in [3.05, 3.63) is 47.5 Å². The van der Waals surface area contributed by atoms with Crippen molar-refractivity contribution in [3.63, 3.8) is 0 Å². The molecule has 0 saturated heterocycles. The van der Waals surface area contributed by atoms with Gasteiger partial charge in [0, 0.05) is 44.1 Å². The molecule has 10 N–H and O–H groups in total. The lowest BCUT2D eigenvalue weighted by atomic mass is 9.94. The van der Waals surface area contributed by atoms with Crippen molar-refractivity contribution in [2.24, 2.45) is 17.2 Å². The number of amides is 4. The van der Waals surface area contributed by atoms with Gasteiger partial charge in [-0.05, 0) is 48.4 Å². The minimum Gasteiger partial charge on any atom is -0.492 e. The predicted octanol–water partition coefficient (Wildman–Crippen LogP) is 2.77. The van der Waals surface area contributed by atoms with Gasteiger partial charge in [0.1, 0.15) is 36.8 Å². The molecule has 0 radical (unpaired) electrons. The number of carbonyl (C=O) groups excluding carboxylic acids is 4. The second-order valence-electron chi connectivity index (χ2n) is 13.4. The smallest absolute Gasteiger partial charge is 0.326 e. The molecule has 2 atom stereocenters. The molecule has 55 heavy (non-hydrogen) atoms. The maximum atomic E-state index is 13.8. The van der Waals surface area contributed by atoms with E-state index in [2.05, 4.69) is 22.9 Å². The van der Waals surface area contributed by atoms with Gasteiger partial charge in [-0.2, -0.15) is 0 Å². The fourth-order valence-corrected chi connectivity index (χ4v) is 6.06. The highest BCUT2D eigenvalue weighted by Crippen LogP contribution is 2.40. The number of carbonyl (C=O) groups is 5. The first-order valence-corrected chi connectivity index (χ1v) is 19.5. The van der Waals surface area contributed by atoms with Crippen LogP contribution in [0.25, 0.3) is 11.1 Å². The second kappa shape index (κ2) is 26.1. The molecule has 2 aromatic carbocycles. The number of hydrogen-bond acceptors (Lipinski definition) is 10. The standard InChI is InChI=1S/C38H56N6O8.C2H7N/c1-3-4-5-6-7-8-9-10-11-12-33(45)41-25-35(47)44(2)36-27-14-16-32(52-20-18-40)29(23-27)28-21-26(13-15-31(28)51-19-17-39)22-30(38(49)50)43-34(46)24-42-37(36)48;1-2-3/h13-16,21,23,30,36H,3-12,17-20,22,24-25,39-40H2,1-2H3,(H,41,45)(H,42,48)(H,43,46)(H,49,50);2-3H2,1H3. The Morgan fingerprint density at radius 2 is 1.42 bits per heavy atom. The molecule has 15 heteroatoms. The van der Waals surface area contributed by atoms with Crippen LogP contribution in [0, 0.1) is 0 Å². The Morgan fingerprint density at radius 1 is 0.855 bits per heavy atom. The number of rotatable bonds is 20. The minimum absolute atomic E-state index is 0.0530. The Kier molecular flexibility index (Phi) is 22.1. The number of aliphatic carboxylic acids is 1. The van der Waals surface area contributed by atoms with Gasteiger partial charge in [-0.3, -0.25) is 19.2 Å². The summed E-state index contributed by atoms with van der Waals surface area (Å²) in [6.07, 6.45) is 10.3. The normalized spacial score (nSPS) is 15.3. The number of likely N-dealkylation sites (N-methyl/N-ethyl adjacent to an activating group) is 1. The zero-order chi connectivity index (χ0) is 40.6. The summed E-state index contributed by atoms with van der Waals surface area (Å²) in [5, 5.41) is 17.6. The first-order chi connectivity index (χ1) is 26.5. The number of nitrogens with one attached hydrogen (secondary N) is 3. The first kappa shape index (κ1) is 46.4. The number of nitrogens with two attached hydrogens (primary N) is 3. The molecule has 0 spiro atoms. The van der Waals surface area contributed by atoms with Gasteiger partial charge in [0.05, 0.1) is 13.1 Å². The van der Waals surface area contributed by atoms with Crippen LogP contribution in [0.15, 0.2) is 36.4 Å². The van der Waals surface area contributed by atoms with Crippen LogP contribution in [0.1, 0.15) is 95.2 Å². The molecule has 3 rings (SSSR count). The molecule has 0 fully saturated rings. The van der Waals surface area contributed by atoms with E-state index in [1.807, 2.05) is 6.92 Å². The highest BCUT2D eigenvalue weighted by Gasteiger charge is 2.31. The summed E-state index contributed by atoms with van der Waals surface area (Å²) in [5.74, 6) is -2.61. The minimum atomic E-state index is -1.30. The second-order valence-corrected chi connectivity index (χ2v) is 13.4. The summed E-state index contributed by atoms with van der Waals surface area (Å²) in [5.41, 5.74) is 18.3. The van der Waals surface area contributed by atoms with Gasteiger partial charge in [-0.1, -0.05) is 77.3 Å². The lowest BCUT2D eigenvalue weighted by Crippen LogP contribution is -2.49. The number of hydrogen-bond donors (Lipinski definition) is 7. The summed E-state index contributed by atoms with van der Waals surface area (Å²) in [7, 11) is 1.44. The molecule has 4 amide bonds. The van der Waals surface area contributed by atoms with Crippen LogP contribution in [0.3, 0.4) is 0 Å². The lowest BCUT2D eigenvalue weighted by molar-refractivity contribution is -0.142. The van der Waals surface area contributed by atoms with Crippen LogP contribution < -0.4 is 42.6 Å². The van der Waals surface area contributed by atoms with Crippen molar-refractivity contribution in [1.29, 1.82) is 0 Å². The van der Waals surface area contributed by atoms with E-state index in [9.17, 15) is 29.1 Å². The Labute approximate surface area is 325 Å². The van der Waals surface area contributed by atoms with E-state index in [4.69, 9.17) is 26.7 Å². The SMILES string of the molecule is CCCCCCCCCCCC(=O)NCC(=O)N(C)C1C(=O)NCC(=O)NC(C(=O)O)Cc2ccc(OCCN)c(c2)-c2cc1ccc2OCCN.CCN. The Bertz CT molecular complexity index is 1520. The van der Waals surface area contributed by atoms with Crippen LogP contribution in [0.2, 0.25) is 0 Å². The van der Waals surface area contributed by atoms with Crippen molar-refractivity contribution in [1.82, 2.24) is 20.9 Å². The molecular formula is C40H63N7O8. The highest BCUT2D eigenvalue weighted by molar-refractivity contribution is 5.94. The van der Waals surface area contributed by atoms with Gasteiger partial charge in [-0.25, -0.2) is 4.79 Å². The number of ether oxygens (including phenoxy) is 2. The van der Waals surface area contributed by atoms with Gasteiger partial charge in [0.2, 0.25) is 23.6 Å². The van der Waals surface area contributed by atoms with Crippen LogP contribution in [-0.4, -0.2) is 98.6 Å². The van der Waals surface area contributed by atoms with Gasteiger partial charge in [0.15, 0.2) is 0 Å². The third-order valence-electron chi connectivity index (χ3n) is 8.87. The fraction of sp³-hybridized carbons (Fsp3) is 0.575. The molecule has 1 heterocycles. The summed E-state index contributed by atoms with van der Waals surface area (Å²) < 4.78 is 11.9. The summed E-state index contributed by atoms with van der Waals surface area (Å²) in [6, 6.07) is 7.57. The summed E-state index contributed by atoms with van der Waals surface area (Å²) in [4.78, 5) is 66.1. The van der Waals surface area contributed by atoms with E-state index in [-0.39, 0.29) is 45.2 Å². The largest absolute Gasteiger partial charge is 0.492 e. The van der Waals surface area contributed by atoms with Crippen molar-refractivity contribution in [3.8, 4) is 22.6 Å². The molecule has 0 aromatic heterocycles. The Morgan fingerprint density at radius 3 is 2.00 bits per heavy atom. The summed E-state index contributed by atoms with van der Waals surface area (Å²) in [6.45, 7) is 4.81. The summed E-state index contributed by atoms with van der Waals surface area (Å²) >= 11 is 0. The van der Waals surface area contributed by atoms with E-state index in [1.165, 1.54) is 44.1 Å². The van der Waals surface area contributed by atoms with Gasteiger partial charge >= 0.3 is 5.97 Å². The van der Waals surface area contributed by atoms with Crippen molar-refractivity contribution < 1.29 is 38.6 Å². The van der Waals surface area contributed by atoms with Gasteiger partial charge in [-0.15, -0.1) is 0 Å². The van der Waals surface area contributed by atoms with E-state index in [0.29, 0.717) is 40.2 Å². The first-order valence-electron chi connectivity index (χ1n) is 19.5. The number of carboxylic acid groups (broad SMARTS) is 1. The lowest BCUT2D eigenvalue weighted by Gasteiger charge is -2.29. The molecule has 1 aliphatic heterocycles. The van der Waals surface area contributed by atoms with Crippen LogP contribution in [0.4, 0.5) is 0 Å². The highest BCUT2D eigenvalue weighted by atomic mass is 16.5. The van der Waals surface area contributed by atoms with Crippen LogP contribution >= 0.6 is 0 Å². The third-order valence-corrected chi connectivity index (χ3v) is 8.87. The molecule has 2 unspecified atom stereocenters. The zero-order valence-corrected chi connectivity index (χ0v) is 32.8. The molecular weight excluding hydrogens is 706 g/mol. The van der Waals surface area contributed by atoms with E-state index >= 15 is 0 Å². The molecule has 0 aliphatic carbocycles. The topological polar surface area (TPSA) is 241 Å². The average Bonchev–Trinajstić information content (AvgIpc) is 3.17. The fourth-order valence-electron chi connectivity index (χ4n) is 6.06. The maximum Gasteiger partial charge on any atom is 0.326 e. The molecule has 0 saturated carbocycles. The third kappa shape index (κ3) is 16.3. The number of unbranched alkanes of at least 4 members (excludes halogenated alkanes) is 8. The quantitative estimate of drug-likeness (QED) is 0.0966. The van der Waals surface area contributed by atoms with Gasteiger partial charge < -0.3 is 52.6 Å². The maximum absolute atomic E-state index is 13.8. The van der Waals surface area contributed by atoms with Crippen molar-refractivity contribution in [2.75, 3.05) is 53.0 Å². The molecule has 15 nitrogen and oxygen atoms in total. The predicted molar refractivity (Wildman–Crippen MR) is 212 cm³/mol. The average molecular weight is 770 g/mol. The van der Waals surface area contributed by atoms with Crippen LogP contribution in [0.5, 0.6) is 11.5 Å². The number of benzene rings is 2. The monoisotopic (exact) mass is 769 g/mol. The van der Waals surface area contributed by atoms with E-state index in [0.717, 1.165) is 32.2 Å². The van der Waals surface area contributed by atoms with Crippen molar-refractivity contribution in [2.45, 2.75) is 96.6 Å². The Hall–Kier alpha value is -4.73. The van der Waals surface area contributed by atoms with Crippen LogP contribution in [-0.2, 0) is 30.4 Å². The zero-order valence-electron chi connectivity index (χ0n) is 32.8. The van der Waals surface area contributed by atoms with E-state index in [1.54, 1.807) is 36.4 Å². The molecule has 1 aliphatic rings. The Balaban J connectivity index is 0.00000337. The molecule has 2 aromatic rings. The molecule has 4 bridgehead atoms. The number of carboxylic acids is 1. The molecule has 306 valence electrons. The van der Waals surface area contributed by atoms with Crippen molar-refractivity contribution >= 4 is 29.6 Å². The van der Waals surface area contributed by atoms with Gasteiger partial charge in [0.25, 0.3) is 0 Å². The van der Waals surface area contributed by atoms with E-state index < -0.39 is 42.3 Å².